The normalized spacial score (nSPS) is 11.4. The molecule has 9 aromatic carbocycles. The van der Waals surface area contributed by atoms with Crippen molar-refractivity contribution in [3.63, 3.8) is 0 Å². The molecule has 0 unspecified atom stereocenters. The standard InChI is InChI=1S/C58H36N6/c59-37-38-24-26-39(27-25-38)42-29-32-53-49(34-42)47-21-11-13-23-52(47)64(53)54-33-30-43(44-28-31-48-46-20-10-12-22-51(46)63(55(48)36-44)45-18-8-3-9-19-45)35-50(54)58-61-56(40-14-4-1-5-15-40)60-57(62-58)41-16-6-2-7-17-41/h1-36H. The van der Waals surface area contributed by atoms with Gasteiger partial charge in [0.25, 0.3) is 0 Å². The quantitative estimate of drug-likeness (QED) is 0.161. The fourth-order valence-corrected chi connectivity index (χ4v) is 9.17. The third-order valence-electron chi connectivity index (χ3n) is 12.2. The third-order valence-corrected chi connectivity index (χ3v) is 12.2. The maximum absolute atomic E-state index is 9.46. The van der Waals surface area contributed by atoms with E-state index in [1.54, 1.807) is 0 Å². The molecular formula is C58H36N6. The molecular weight excluding hydrogens is 781 g/mol. The monoisotopic (exact) mass is 816 g/mol. The predicted octanol–water partition coefficient (Wildman–Crippen LogP) is 14.3. The molecule has 0 aliphatic carbocycles. The lowest BCUT2D eigenvalue weighted by atomic mass is 9.99. The summed E-state index contributed by atoms with van der Waals surface area (Å²) >= 11 is 0. The lowest BCUT2D eigenvalue weighted by Crippen LogP contribution is -2.04. The van der Waals surface area contributed by atoms with Crippen LogP contribution in [0, 0.1) is 11.3 Å². The van der Waals surface area contributed by atoms with Gasteiger partial charge >= 0.3 is 0 Å². The van der Waals surface area contributed by atoms with Crippen LogP contribution in [0.4, 0.5) is 0 Å². The summed E-state index contributed by atoms with van der Waals surface area (Å²) in [6, 6.07) is 78.2. The molecule has 64 heavy (non-hydrogen) atoms. The summed E-state index contributed by atoms with van der Waals surface area (Å²) in [7, 11) is 0. The summed E-state index contributed by atoms with van der Waals surface area (Å²) in [6.07, 6.45) is 0. The van der Waals surface area contributed by atoms with Gasteiger partial charge in [-0.05, 0) is 89.0 Å². The van der Waals surface area contributed by atoms with Crippen LogP contribution in [0.25, 0.3) is 111 Å². The molecule has 0 N–H and O–H groups in total. The predicted molar refractivity (Wildman–Crippen MR) is 260 cm³/mol. The van der Waals surface area contributed by atoms with Gasteiger partial charge in [-0.25, -0.2) is 15.0 Å². The number of aromatic nitrogens is 5. The lowest BCUT2D eigenvalue weighted by Gasteiger charge is -2.17. The first-order valence-corrected chi connectivity index (χ1v) is 21.3. The molecule has 0 saturated heterocycles. The molecule has 298 valence electrons. The van der Waals surface area contributed by atoms with Crippen LogP contribution in [0.2, 0.25) is 0 Å². The minimum atomic E-state index is 0.573. The van der Waals surface area contributed by atoms with E-state index in [9.17, 15) is 5.26 Å². The second-order valence-corrected chi connectivity index (χ2v) is 16.0. The molecule has 0 radical (unpaired) electrons. The molecule has 3 heterocycles. The molecule has 0 fully saturated rings. The molecule has 0 atom stereocenters. The summed E-state index contributed by atoms with van der Waals surface area (Å²) in [6.45, 7) is 0. The highest BCUT2D eigenvalue weighted by atomic mass is 15.1. The SMILES string of the molecule is N#Cc1ccc(-c2ccc3c(c2)c2ccccc2n3-c2ccc(-c3ccc4c5ccccc5n(-c5ccccc5)c4c3)cc2-c2nc(-c3ccccc3)nc(-c3ccccc3)n2)cc1. The number of benzene rings is 9. The zero-order valence-corrected chi connectivity index (χ0v) is 34.5. The summed E-state index contributed by atoms with van der Waals surface area (Å²) in [5.41, 5.74) is 14.1. The topological polar surface area (TPSA) is 72.3 Å². The smallest absolute Gasteiger partial charge is 0.166 e. The average molecular weight is 817 g/mol. The fourth-order valence-electron chi connectivity index (χ4n) is 9.17. The molecule has 0 aliphatic rings. The summed E-state index contributed by atoms with van der Waals surface area (Å²) in [5, 5.41) is 14.1. The Kier molecular flexibility index (Phi) is 8.77. The van der Waals surface area contributed by atoms with Crippen molar-refractivity contribution in [2.45, 2.75) is 0 Å². The molecule has 12 rings (SSSR count). The molecule has 6 nitrogen and oxygen atoms in total. The Bertz CT molecular complexity index is 3710. The van der Waals surface area contributed by atoms with Crippen molar-refractivity contribution < 1.29 is 0 Å². The minimum absolute atomic E-state index is 0.573. The maximum Gasteiger partial charge on any atom is 0.166 e. The van der Waals surface area contributed by atoms with Crippen LogP contribution >= 0.6 is 0 Å². The molecule has 12 aromatic rings. The Morgan fingerprint density at radius 1 is 0.328 bits per heavy atom. The van der Waals surface area contributed by atoms with E-state index in [2.05, 4.69) is 149 Å². The number of nitriles is 1. The first kappa shape index (κ1) is 36.9. The van der Waals surface area contributed by atoms with Crippen molar-refractivity contribution in [1.29, 1.82) is 5.26 Å². The van der Waals surface area contributed by atoms with E-state index in [0.29, 0.717) is 23.0 Å². The highest BCUT2D eigenvalue weighted by Gasteiger charge is 2.22. The van der Waals surface area contributed by atoms with E-state index in [1.807, 2.05) is 84.9 Å². The summed E-state index contributed by atoms with van der Waals surface area (Å²) in [5.74, 6) is 1.77. The Morgan fingerprint density at radius 3 is 1.48 bits per heavy atom. The molecule has 6 heteroatoms. The largest absolute Gasteiger partial charge is 0.309 e. The van der Waals surface area contributed by atoms with Gasteiger partial charge < -0.3 is 9.13 Å². The van der Waals surface area contributed by atoms with E-state index in [0.717, 1.165) is 83.2 Å². The van der Waals surface area contributed by atoms with Crippen LogP contribution < -0.4 is 0 Å². The van der Waals surface area contributed by atoms with Gasteiger partial charge in [0.1, 0.15) is 0 Å². The Labute approximate surface area is 369 Å². The molecule has 0 aliphatic heterocycles. The highest BCUT2D eigenvalue weighted by molar-refractivity contribution is 6.12. The first-order valence-electron chi connectivity index (χ1n) is 21.3. The van der Waals surface area contributed by atoms with Crippen LogP contribution in [-0.4, -0.2) is 24.1 Å². The number of nitrogens with zero attached hydrogens (tertiary/aromatic N) is 6. The van der Waals surface area contributed by atoms with Crippen LogP contribution in [0.5, 0.6) is 0 Å². The van der Waals surface area contributed by atoms with Gasteiger partial charge in [0.05, 0.1) is 39.4 Å². The molecule has 3 aromatic heterocycles. The number of rotatable bonds is 7. The Balaban J connectivity index is 1.12. The molecule has 0 bridgehead atoms. The minimum Gasteiger partial charge on any atom is -0.309 e. The van der Waals surface area contributed by atoms with E-state index < -0.39 is 0 Å². The molecule has 0 saturated carbocycles. The first-order chi connectivity index (χ1) is 31.7. The number of hydrogen-bond acceptors (Lipinski definition) is 4. The van der Waals surface area contributed by atoms with Gasteiger partial charge in [0.15, 0.2) is 17.5 Å². The van der Waals surface area contributed by atoms with Gasteiger partial charge in [-0.15, -0.1) is 0 Å². The van der Waals surface area contributed by atoms with Gasteiger partial charge in [-0.1, -0.05) is 152 Å². The van der Waals surface area contributed by atoms with Crippen molar-refractivity contribution in [3.05, 3.63) is 224 Å². The average Bonchev–Trinajstić information content (AvgIpc) is 3.89. The summed E-state index contributed by atoms with van der Waals surface area (Å²) in [4.78, 5) is 15.7. The highest BCUT2D eigenvalue weighted by Crippen LogP contribution is 2.41. The van der Waals surface area contributed by atoms with E-state index in [-0.39, 0.29) is 0 Å². The van der Waals surface area contributed by atoms with Gasteiger partial charge in [0, 0.05) is 43.9 Å². The van der Waals surface area contributed by atoms with Crippen molar-refractivity contribution in [2.75, 3.05) is 0 Å². The van der Waals surface area contributed by atoms with Gasteiger partial charge in [-0.2, -0.15) is 5.26 Å². The Hall–Kier alpha value is -8.92. The second-order valence-electron chi connectivity index (χ2n) is 16.0. The zero-order valence-electron chi connectivity index (χ0n) is 34.5. The summed E-state index contributed by atoms with van der Waals surface area (Å²) < 4.78 is 4.70. The molecule has 0 spiro atoms. The van der Waals surface area contributed by atoms with Crippen LogP contribution in [0.15, 0.2) is 218 Å². The van der Waals surface area contributed by atoms with Crippen LogP contribution in [0.1, 0.15) is 5.56 Å². The van der Waals surface area contributed by atoms with Crippen LogP contribution in [-0.2, 0) is 0 Å². The van der Waals surface area contributed by atoms with Crippen molar-refractivity contribution in [2.24, 2.45) is 0 Å². The van der Waals surface area contributed by atoms with Crippen molar-refractivity contribution in [1.82, 2.24) is 24.1 Å². The molecule has 0 amide bonds. The number of hydrogen-bond donors (Lipinski definition) is 0. The fraction of sp³-hybridized carbons (Fsp3) is 0. The maximum atomic E-state index is 9.46. The van der Waals surface area contributed by atoms with Crippen LogP contribution in [0.3, 0.4) is 0 Å². The van der Waals surface area contributed by atoms with Crippen molar-refractivity contribution >= 4 is 43.6 Å². The number of para-hydroxylation sites is 3. The van der Waals surface area contributed by atoms with E-state index >= 15 is 0 Å². The van der Waals surface area contributed by atoms with Gasteiger partial charge in [0.2, 0.25) is 0 Å². The third kappa shape index (κ3) is 6.22. The number of fused-ring (bicyclic) bond motifs is 6. The second kappa shape index (κ2) is 15.2. The van der Waals surface area contributed by atoms with Gasteiger partial charge in [-0.3, -0.25) is 0 Å². The van der Waals surface area contributed by atoms with E-state index in [4.69, 9.17) is 15.0 Å². The van der Waals surface area contributed by atoms with Crippen molar-refractivity contribution in [3.8, 4) is 73.9 Å². The zero-order chi connectivity index (χ0) is 42.6. The van der Waals surface area contributed by atoms with E-state index in [1.165, 1.54) is 10.8 Å². The Morgan fingerprint density at radius 2 is 0.812 bits per heavy atom. The lowest BCUT2D eigenvalue weighted by molar-refractivity contribution is 1.06.